The van der Waals surface area contributed by atoms with E-state index in [4.69, 9.17) is 9.84 Å². The molecule has 0 spiro atoms. The molecule has 3 nitrogen and oxygen atoms in total. The Morgan fingerprint density at radius 1 is 1.59 bits per heavy atom. The third-order valence-corrected chi connectivity index (χ3v) is 4.17. The van der Waals surface area contributed by atoms with Crippen molar-refractivity contribution in [2.75, 3.05) is 12.4 Å². The van der Waals surface area contributed by atoms with Crippen LogP contribution in [0.3, 0.4) is 0 Å². The van der Waals surface area contributed by atoms with Crippen LogP contribution in [0.15, 0.2) is 24.3 Å². The number of fused-ring (bicyclic) bond motifs is 1. The fourth-order valence-electron chi connectivity index (χ4n) is 1.95. The molecule has 0 fully saturated rings. The van der Waals surface area contributed by atoms with Crippen LogP contribution in [0.5, 0.6) is 5.75 Å². The van der Waals surface area contributed by atoms with Gasteiger partial charge in [-0.1, -0.05) is 25.1 Å². The zero-order valence-corrected chi connectivity index (χ0v) is 10.6. The highest BCUT2D eigenvalue weighted by Crippen LogP contribution is 2.36. The van der Waals surface area contributed by atoms with Crippen molar-refractivity contribution in [3.05, 3.63) is 29.8 Å². The molecule has 92 valence electrons. The molecule has 1 aliphatic heterocycles. The normalized spacial score (nSPS) is 19.5. The summed E-state index contributed by atoms with van der Waals surface area (Å²) in [7, 11) is 0. The van der Waals surface area contributed by atoms with Crippen LogP contribution in [-0.4, -0.2) is 28.7 Å². The summed E-state index contributed by atoms with van der Waals surface area (Å²) in [6, 6.07) is 8.07. The highest BCUT2D eigenvalue weighted by Gasteiger charge is 2.24. The Hall–Kier alpha value is -1.16. The van der Waals surface area contributed by atoms with Crippen molar-refractivity contribution in [2.45, 2.75) is 24.5 Å². The Kier molecular flexibility index (Phi) is 3.94. The lowest BCUT2D eigenvalue weighted by Gasteiger charge is -2.12. The largest absolute Gasteiger partial charge is 0.493 e. The zero-order valence-electron chi connectivity index (χ0n) is 9.76. The van der Waals surface area contributed by atoms with E-state index in [1.165, 1.54) is 5.56 Å². The molecule has 1 N–H and O–H groups in total. The molecule has 1 heterocycles. The number of hydrogen-bond donors (Lipinski definition) is 1. The van der Waals surface area contributed by atoms with Gasteiger partial charge in [0.15, 0.2) is 0 Å². The second-order valence-corrected chi connectivity index (χ2v) is 5.76. The van der Waals surface area contributed by atoms with E-state index in [0.29, 0.717) is 12.5 Å². The van der Waals surface area contributed by atoms with Crippen LogP contribution in [0.2, 0.25) is 0 Å². The van der Waals surface area contributed by atoms with Gasteiger partial charge in [-0.2, -0.15) is 11.8 Å². The van der Waals surface area contributed by atoms with E-state index >= 15 is 0 Å². The first-order chi connectivity index (χ1) is 8.16. The van der Waals surface area contributed by atoms with Crippen molar-refractivity contribution in [3.8, 4) is 5.75 Å². The smallest absolute Gasteiger partial charge is 0.304 e. The van der Waals surface area contributed by atoms with Gasteiger partial charge in [-0.25, -0.2) is 0 Å². The van der Waals surface area contributed by atoms with Gasteiger partial charge in [0.25, 0.3) is 0 Å². The van der Waals surface area contributed by atoms with Crippen molar-refractivity contribution in [1.82, 2.24) is 0 Å². The third kappa shape index (κ3) is 3.16. The lowest BCUT2D eigenvalue weighted by Crippen LogP contribution is -2.10. The molecule has 0 amide bonds. The van der Waals surface area contributed by atoms with Gasteiger partial charge in [0, 0.05) is 22.5 Å². The van der Waals surface area contributed by atoms with Crippen LogP contribution in [0.1, 0.15) is 24.8 Å². The van der Waals surface area contributed by atoms with Crippen LogP contribution in [-0.2, 0) is 4.79 Å². The first kappa shape index (κ1) is 12.3. The lowest BCUT2D eigenvalue weighted by molar-refractivity contribution is -0.136. The molecule has 17 heavy (non-hydrogen) atoms. The number of para-hydroxylation sites is 1. The van der Waals surface area contributed by atoms with Crippen LogP contribution >= 0.6 is 11.8 Å². The first-order valence-corrected chi connectivity index (χ1v) is 6.77. The summed E-state index contributed by atoms with van der Waals surface area (Å²) in [4.78, 5) is 10.6. The summed E-state index contributed by atoms with van der Waals surface area (Å²) < 4.78 is 5.59. The molecular weight excluding hydrogens is 236 g/mol. The SMILES string of the molecule is CC(CC(=O)O)SCC1COc2ccccc21. The molecule has 0 radical (unpaired) electrons. The molecule has 2 rings (SSSR count). The van der Waals surface area contributed by atoms with Gasteiger partial charge in [0.2, 0.25) is 0 Å². The van der Waals surface area contributed by atoms with Gasteiger partial charge >= 0.3 is 5.97 Å². The highest BCUT2D eigenvalue weighted by molar-refractivity contribution is 7.99. The Bertz CT molecular complexity index is 405. The van der Waals surface area contributed by atoms with Gasteiger partial charge in [-0.05, 0) is 6.07 Å². The number of rotatable bonds is 5. The Morgan fingerprint density at radius 3 is 3.12 bits per heavy atom. The number of ether oxygens (including phenoxy) is 1. The lowest BCUT2D eigenvalue weighted by atomic mass is 10.0. The maximum atomic E-state index is 10.6. The average Bonchev–Trinajstić information content (AvgIpc) is 2.69. The van der Waals surface area contributed by atoms with E-state index < -0.39 is 5.97 Å². The van der Waals surface area contributed by atoms with Crippen LogP contribution in [0.25, 0.3) is 0 Å². The van der Waals surface area contributed by atoms with E-state index in [-0.39, 0.29) is 11.7 Å². The molecule has 1 aromatic carbocycles. The molecule has 0 aliphatic carbocycles. The van der Waals surface area contributed by atoms with Crippen molar-refractivity contribution in [3.63, 3.8) is 0 Å². The summed E-state index contributed by atoms with van der Waals surface area (Å²) >= 11 is 1.70. The number of hydrogen-bond acceptors (Lipinski definition) is 3. The number of aliphatic carboxylic acids is 1. The van der Waals surface area contributed by atoms with Crippen molar-refractivity contribution in [1.29, 1.82) is 0 Å². The Balaban J connectivity index is 1.87. The minimum absolute atomic E-state index is 0.153. The highest BCUT2D eigenvalue weighted by atomic mass is 32.2. The topological polar surface area (TPSA) is 46.5 Å². The van der Waals surface area contributed by atoms with Crippen LogP contribution < -0.4 is 4.74 Å². The molecule has 2 atom stereocenters. The molecule has 0 bridgehead atoms. The van der Waals surface area contributed by atoms with Crippen LogP contribution in [0, 0.1) is 0 Å². The van der Waals surface area contributed by atoms with E-state index in [0.717, 1.165) is 11.5 Å². The molecule has 1 aromatic rings. The molecule has 0 saturated heterocycles. The van der Waals surface area contributed by atoms with Crippen molar-refractivity contribution in [2.24, 2.45) is 0 Å². The molecule has 4 heteroatoms. The fourth-order valence-corrected chi connectivity index (χ4v) is 3.05. The number of thioether (sulfide) groups is 1. The van der Waals surface area contributed by atoms with E-state index in [1.807, 2.05) is 25.1 Å². The first-order valence-electron chi connectivity index (χ1n) is 5.72. The van der Waals surface area contributed by atoms with Gasteiger partial charge in [-0.3, -0.25) is 4.79 Å². The second-order valence-electron chi connectivity index (χ2n) is 4.29. The molecular formula is C13H16O3S. The van der Waals surface area contributed by atoms with Gasteiger partial charge in [-0.15, -0.1) is 0 Å². The minimum atomic E-state index is -0.729. The predicted octanol–water partition coefficient (Wildman–Crippen LogP) is 2.76. The van der Waals surface area contributed by atoms with Crippen molar-refractivity contribution < 1.29 is 14.6 Å². The zero-order chi connectivity index (χ0) is 12.3. The summed E-state index contributed by atoms with van der Waals surface area (Å²) in [6.45, 7) is 2.67. The fraction of sp³-hybridized carbons (Fsp3) is 0.462. The van der Waals surface area contributed by atoms with Gasteiger partial charge in [0.05, 0.1) is 13.0 Å². The third-order valence-electron chi connectivity index (χ3n) is 2.84. The minimum Gasteiger partial charge on any atom is -0.493 e. The summed E-state index contributed by atoms with van der Waals surface area (Å²) in [5.74, 6) is 1.57. The Labute approximate surface area is 105 Å². The second kappa shape index (κ2) is 5.45. The van der Waals surface area contributed by atoms with Crippen molar-refractivity contribution >= 4 is 17.7 Å². The molecule has 0 aromatic heterocycles. The Morgan fingerprint density at radius 2 is 2.35 bits per heavy atom. The summed E-state index contributed by atoms with van der Waals surface area (Å²) in [5, 5.41) is 8.85. The van der Waals surface area contributed by atoms with Crippen LogP contribution in [0.4, 0.5) is 0 Å². The average molecular weight is 252 g/mol. The number of benzene rings is 1. The molecule has 0 saturated carbocycles. The van der Waals surface area contributed by atoms with E-state index in [9.17, 15) is 4.79 Å². The van der Waals surface area contributed by atoms with E-state index in [2.05, 4.69) is 6.07 Å². The van der Waals surface area contributed by atoms with E-state index in [1.54, 1.807) is 11.8 Å². The quantitative estimate of drug-likeness (QED) is 0.875. The summed E-state index contributed by atoms with van der Waals surface area (Å²) in [6.07, 6.45) is 0.222. The van der Waals surface area contributed by atoms with Gasteiger partial charge < -0.3 is 9.84 Å². The maximum absolute atomic E-state index is 10.6. The number of carboxylic acid groups (broad SMARTS) is 1. The number of carboxylic acids is 1. The monoisotopic (exact) mass is 252 g/mol. The number of carbonyl (C=O) groups is 1. The predicted molar refractivity (Wildman–Crippen MR) is 68.9 cm³/mol. The summed E-state index contributed by atoms with van der Waals surface area (Å²) in [5.41, 5.74) is 1.25. The van der Waals surface area contributed by atoms with Gasteiger partial charge in [0.1, 0.15) is 5.75 Å². The molecule has 1 aliphatic rings. The molecule has 2 unspecified atom stereocenters. The standard InChI is InChI=1S/C13H16O3S/c1-9(6-13(14)15)17-8-10-7-16-12-5-3-2-4-11(10)12/h2-5,9-10H,6-8H2,1H3,(H,14,15). The maximum Gasteiger partial charge on any atom is 0.304 e.